The van der Waals surface area contributed by atoms with Crippen LogP contribution in [0.3, 0.4) is 0 Å². The summed E-state index contributed by atoms with van der Waals surface area (Å²) in [5.74, 6) is -1.06. The first-order chi connectivity index (χ1) is 12.8. The summed E-state index contributed by atoms with van der Waals surface area (Å²) in [4.78, 5) is 28.6. The zero-order chi connectivity index (χ0) is 19.7. The fraction of sp³-hybridized carbons (Fsp3) is 0.222. The monoisotopic (exact) mass is 494 g/mol. The smallest absolute Gasteiger partial charge is 0.340 e. The molecule has 1 aromatic carbocycles. The molecule has 0 bridgehead atoms. The molecule has 0 aliphatic carbocycles. The molecule has 1 N–H and O–H groups in total. The van der Waals surface area contributed by atoms with Crippen LogP contribution in [0.25, 0.3) is 11.0 Å². The number of aryl methyl sites for hydroxylation is 3. The molecule has 0 saturated heterocycles. The summed E-state index contributed by atoms with van der Waals surface area (Å²) in [6, 6.07) is 5.42. The Labute approximate surface area is 172 Å². The number of rotatable bonds is 4. The third-order valence-corrected chi connectivity index (χ3v) is 5.13. The van der Waals surface area contributed by atoms with Crippen LogP contribution in [0.1, 0.15) is 21.6 Å². The predicted octanol–water partition coefficient (Wildman–Crippen LogP) is 3.91. The van der Waals surface area contributed by atoms with E-state index in [1.165, 1.54) is 6.20 Å². The molecule has 0 unspecified atom stereocenters. The zero-order valence-corrected chi connectivity index (χ0v) is 18.0. The maximum Gasteiger partial charge on any atom is 0.340 e. The lowest BCUT2D eigenvalue weighted by Gasteiger charge is -2.11. The van der Waals surface area contributed by atoms with Crippen molar-refractivity contribution in [3.05, 3.63) is 50.2 Å². The van der Waals surface area contributed by atoms with E-state index in [-0.39, 0.29) is 5.56 Å². The van der Waals surface area contributed by atoms with Crippen LogP contribution in [-0.2, 0) is 16.6 Å². The molecule has 0 saturated carbocycles. The lowest BCUT2D eigenvalue weighted by Crippen LogP contribution is -2.21. The topological polar surface area (TPSA) is 86.1 Å². The molecule has 0 aliphatic heterocycles. The van der Waals surface area contributed by atoms with Crippen molar-refractivity contribution < 1.29 is 14.3 Å². The molecular weight excluding hydrogens is 480 g/mol. The lowest BCUT2D eigenvalue weighted by molar-refractivity contribution is -0.119. The summed E-state index contributed by atoms with van der Waals surface area (Å²) in [5, 5.41) is 7.75. The van der Waals surface area contributed by atoms with Gasteiger partial charge in [0.2, 0.25) is 0 Å². The standard InChI is InChI=1S/C18H16Br2N4O3/c1-9-4-13(19)16(14(20)5-9)22-15(25)8-27-18(26)11-6-12-10(2)23-24(3)17(12)21-7-11/h4-7H,8H2,1-3H3,(H,22,25). The minimum atomic E-state index is -0.621. The van der Waals surface area contributed by atoms with Crippen molar-refractivity contribution in [2.75, 3.05) is 11.9 Å². The third kappa shape index (κ3) is 4.19. The molecule has 0 radical (unpaired) electrons. The van der Waals surface area contributed by atoms with E-state index < -0.39 is 18.5 Å². The highest BCUT2D eigenvalue weighted by atomic mass is 79.9. The SMILES string of the molecule is Cc1cc(Br)c(NC(=O)COC(=O)c2cnc3c(c2)c(C)nn3C)c(Br)c1. The van der Waals surface area contributed by atoms with E-state index in [1.807, 2.05) is 26.0 Å². The highest BCUT2D eigenvalue weighted by Gasteiger charge is 2.16. The highest BCUT2D eigenvalue weighted by Crippen LogP contribution is 2.32. The number of amides is 1. The second-order valence-corrected chi connectivity index (χ2v) is 7.74. The number of carbonyl (C=O) groups excluding carboxylic acids is 2. The number of benzene rings is 1. The van der Waals surface area contributed by atoms with Crippen molar-refractivity contribution >= 4 is 60.5 Å². The first-order valence-electron chi connectivity index (χ1n) is 7.98. The van der Waals surface area contributed by atoms with Crippen molar-refractivity contribution in [2.24, 2.45) is 7.05 Å². The van der Waals surface area contributed by atoms with E-state index in [9.17, 15) is 9.59 Å². The fourth-order valence-electron chi connectivity index (χ4n) is 2.63. The van der Waals surface area contributed by atoms with E-state index in [0.717, 1.165) is 25.6 Å². The van der Waals surface area contributed by atoms with Gasteiger partial charge in [-0.05, 0) is 69.5 Å². The zero-order valence-electron chi connectivity index (χ0n) is 14.8. The first kappa shape index (κ1) is 19.5. The van der Waals surface area contributed by atoms with Crippen molar-refractivity contribution in [3.8, 4) is 0 Å². The van der Waals surface area contributed by atoms with Gasteiger partial charge in [-0.1, -0.05) is 0 Å². The Balaban J connectivity index is 1.67. The van der Waals surface area contributed by atoms with Gasteiger partial charge >= 0.3 is 5.97 Å². The van der Waals surface area contributed by atoms with Crippen LogP contribution in [0.5, 0.6) is 0 Å². The van der Waals surface area contributed by atoms with Crippen molar-refractivity contribution in [3.63, 3.8) is 0 Å². The molecule has 27 heavy (non-hydrogen) atoms. The lowest BCUT2D eigenvalue weighted by atomic mass is 10.2. The Morgan fingerprint density at radius 1 is 1.19 bits per heavy atom. The molecule has 0 aliphatic rings. The van der Waals surface area contributed by atoms with Gasteiger partial charge in [0.25, 0.3) is 5.91 Å². The first-order valence-corrected chi connectivity index (χ1v) is 9.57. The van der Waals surface area contributed by atoms with Crippen LogP contribution in [0.2, 0.25) is 0 Å². The number of fused-ring (bicyclic) bond motifs is 1. The van der Waals surface area contributed by atoms with Gasteiger partial charge in [0, 0.05) is 27.6 Å². The molecule has 0 fully saturated rings. The predicted molar refractivity (Wildman–Crippen MR) is 109 cm³/mol. The molecule has 0 atom stereocenters. The number of ether oxygens (including phenoxy) is 1. The number of halogens is 2. The maximum atomic E-state index is 12.3. The summed E-state index contributed by atoms with van der Waals surface area (Å²) in [6.07, 6.45) is 1.41. The molecule has 9 heteroatoms. The second kappa shape index (κ2) is 7.77. The summed E-state index contributed by atoms with van der Waals surface area (Å²) in [5.41, 5.74) is 3.32. The molecule has 3 aromatic rings. The van der Waals surface area contributed by atoms with Gasteiger partial charge in [-0.3, -0.25) is 9.48 Å². The van der Waals surface area contributed by atoms with Gasteiger partial charge in [-0.2, -0.15) is 5.10 Å². The second-order valence-electron chi connectivity index (χ2n) is 6.03. The quantitative estimate of drug-likeness (QED) is 0.554. The minimum Gasteiger partial charge on any atom is -0.452 e. The average molecular weight is 496 g/mol. The van der Waals surface area contributed by atoms with Crippen LogP contribution >= 0.6 is 31.9 Å². The van der Waals surface area contributed by atoms with Crippen molar-refractivity contribution in [1.82, 2.24) is 14.8 Å². The number of hydrogen-bond acceptors (Lipinski definition) is 5. The number of pyridine rings is 1. The molecule has 7 nitrogen and oxygen atoms in total. The van der Waals surface area contributed by atoms with Gasteiger partial charge in [0.05, 0.1) is 16.9 Å². The number of hydrogen-bond donors (Lipinski definition) is 1. The minimum absolute atomic E-state index is 0.268. The Bertz CT molecular complexity index is 1040. The van der Waals surface area contributed by atoms with Crippen molar-refractivity contribution in [1.29, 1.82) is 0 Å². The van der Waals surface area contributed by atoms with E-state index in [0.29, 0.717) is 11.3 Å². The number of esters is 1. The molecule has 3 rings (SSSR count). The molecule has 2 aromatic heterocycles. The normalized spacial score (nSPS) is 10.9. The molecule has 0 spiro atoms. The number of anilines is 1. The van der Waals surface area contributed by atoms with Crippen LogP contribution in [0, 0.1) is 13.8 Å². The largest absolute Gasteiger partial charge is 0.452 e. The van der Waals surface area contributed by atoms with E-state index in [1.54, 1.807) is 17.8 Å². The number of carbonyl (C=O) groups is 2. The molecule has 1 amide bonds. The number of nitrogens with zero attached hydrogens (tertiary/aromatic N) is 3. The Morgan fingerprint density at radius 2 is 1.85 bits per heavy atom. The van der Waals surface area contributed by atoms with E-state index in [4.69, 9.17) is 4.74 Å². The van der Waals surface area contributed by atoms with Crippen LogP contribution in [0.4, 0.5) is 5.69 Å². The molecule has 140 valence electrons. The van der Waals surface area contributed by atoms with Gasteiger partial charge in [0.15, 0.2) is 12.3 Å². The van der Waals surface area contributed by atoms with Crippen LogP contribution in [-0.4, -0.2) is 33.2 Å². The van der Waals surface area contributed by atoms with Crippen LogP contribution in [0.15, 0.2) is 33.3 Å². The summed E-state index contributed by atoms with van der Waals surface area (Å²) >= 11 is 6.81. The van der Waals surface area contributed by atoms with Gasteiger partial charge in [-0.25, -0.2) is 9.78 Å². The fourth-order valence-corrected chi connectivity index (χ4v) is 4.24. The highest BCUT2D eigenvalue weighted by molar-refractivity contribution is 9.11. The number of aromatic nitrogens is 3. The Morgan fingerprint density at radius 3 is 2.52 bits per heavy atom. The molecule has 2 heterocycles. The van der Waals surface area contributed by atoms with E-state index >= 15 is 0 Å². The maximum absolute atomic E-state index is 12.3. The third-order valence-electron chi connectivity index (χ3n) is 3.88. The van der Waals surface area contributed by atoms with Gasteiger partial charge < -0.3 is 10.1 Å². The Hall–Kier alpha value is -2.26. The Kier molecular flexibility index (Phi) is 5.61. The van der Waals surface area contributed by atoms with Crippen molar-refractivity contribution in [2.45, 2.75) is 13.8 Å². The van der Waals surface area contributed by atoms with E-state index in [2.05, 4.69) is 47.3 Å². The summed E-state index contributed by atoms with van der Waals surface area (Å²) in [7, 11) is 1.78. The average Bonchev–Trinajstić information content (AvgIpc) is 2.89. The number of nitrogens with one attached hydrogen (secondary N) is 1. The summed E-state index contributed by atoms with van der Waals surface area (Å²) < 4.78 is 8.22. The van der Waals surface area contributed by atoms with Gasteiger partial charge in [-0.15, -0.1) is 0 Å². The molecular formula is C18H16Br2N4O3. The summed E-state index contributed by atoms with van der Waals surface area (Å²) in [6.45, 7) is 3.37. The van der Waals surface area contributed by atoms with Crippen LogP contribution < -0.4 is 5.32 Å². The van der Waals surface area contributed by atoms with Gasteiger partial charge in [0.1, 0.15) is 0 Å².